The number of carbonyl (C=O) groups excluding carboxylic acids is 1. The fourth-order valence-electron chi connectivity index (χ4n) is 6.72. The van der Waals surface area contributed by atoms with Gasteiger partial charge in [0, 0.05) is 28.3 Å². The minimum absolute atomic E-state index is 0.127. The van der Waals surface area contributed by atoms with Crippen LogP contribution in [0.15, 0.2) is 24.3 Å². The molecule has 3 heteroatoms. The predicted molar refractivity (Wildman–Crippen MR) is 101 cm³/mol. The highest BCUT2D eigenvalue weighted by molar-refractivity contribution is 6.01. The summed E-state index contributed by atoms with van der Waals surface area (Å²) in [4.78, 5) is 13.5. The van der Waals surface area contributed by atoms with Crippen LogP contribution in [0.25, 0.3) is 5.70 Å². The fourth-order valence-corrected chi connectivity index (χ4v) is 6.72. The molecule has 0 spiro atoms. The number of carbonyl (C=O) groups is 1. The van der Waals surface area contributed by atoms with Crippen LogP contribution < -0.4 is 5.32 Å². The Morgan fingerprint density at radius 1 is 1.12 bits per heavy atom. The van der Waals surface area contributed by atoms with E-state index < -0.39 is 0 Å². The Labute approximate surface area is 155 Å². The molecule has 2 nitrogen and oxygen atoms in total. The van der Waals surface area contributed by atoms with E-state index in [1.54, 1.807) is 6.07 Å². The highest BCUT2D eigenvalue weighted by Gasteiger charge is 2.54. The number of benzene rings is 1. The van der Waals surface area contributed by atoms with Crippen molar-refractivity contribution in [3.63, 3.8) is 0 Å². The number of nitrogens with one attached hydrogen (secondary N) is 1. The Morgan fingerprint density at radius 3 is 2.35 bits per heavy atom. The molecule has 0 unspecified atom stereocenters. The van der Waals surface area contributed by atoms with Gasteiger partial charge in [0.15, 0.2) is 5.78 Å². The number of rotatable bonds is 2. The Kier molecular flexibility index (Phi) is 3.45. The molecule has 0 amide bonds. The minimum atomic E-state index is -0.238. The van der Waals surface area contributed by atoms with Gasteiger partial charge in [-0.15, -0.1) is 0 Å². The Bertz CT molecular complexity index is 771. The summed E-state index contributed by atoms with van der Waals surface area (Å²) in [5.74, 6) is 2.31. The van der Waals surface area contributed by atoms with E-state index in [4.69, 9.17) is 0 Å². The summed E-state index contributed by atoms with van der Waals surface area (Å²) in [5, 5.41) is 3.51. The van der Waals surface area contributed by atoms with E-state index in [1.807, 2.05) is 12.1 Å². The summed E-state index contributed by atoms with van der Waals surface area (Å²) in [7, 11) is 0. The van der Waals surface area contributed by atoms with Gasteiger partial charge in [0.2, 0.25) is 0 Å². The van der Waals surface area contributed by atoms with Gasteiger partial charge in [-0.25, -0.2) is 4.39 Å². The average Bonchev–Trinajstić information content (AvgIpc) is 2.53. The molecule has 1 N–H and O–H groups in total. The van der Waals surface area contributed by atoms with E-state index in [9.17, 15) is 9.18 Å². The van der Waals surface area contributed by atoms with E-state index in [0.29, 0.717) is 0 Å². The molecular weight excluding hydrogens is 325 g/mol. The van der Waals surface area contributed by atoms with Crippen LogP contribution in [0, 0.1) is 29.0 Å². The summed E-state index contributed by atoms with van der Waals surface area (Å²) >= 11 is 0. The molecule has 0 atom stereocenters. The molecule has 1 aliphatic heterocycles. The molecule has 5 aliphatic rings. The summed E-state index contributed by atoms with van der Waals surface area (Å²) in [6.07, 6.45) is 9.88. The molecule has 138 valence electrons. The standard InChI is InChI=1S/C23H28FNO/c1-22(2)13-17-3-4-18(24)8-19(17)20(25-22)9-21(26)23-10-14-5-15(11-23)7-16(6-14)12-23/h3-4,8-9,14-16,25H,5-7,10-13H2,1-2H3. The largest absolute Gasteiger partial charge is 0.379 e. The van der Waals surface area contributed by atoms with Crippen molar-refractivity contribution in [3.8, 4) is 0 Å². The van der Waals surface area contributed by atoms with Crippen molar-refractivity contribution >= 4 is 11.5 Å². The summed E-state index contributed by atoms with van der Waals surface area (Å²) in [5.41, 5.74) is 2.54. The molecular formula is C23H28FNO. The van der Waals surface area contributed by atoms with Crippen molar-refractivity contribution < 1.29 is 9.18 Å². The number of hydrogen-bond acceptors (Lipinski definition) is 2. The first-order valence-corrected chi connectivity index (χ1v) is 10.2. The Balaban J connectivity index is 1.52. The van der Waals surface area contributed by atoms with Crippen molar-refractivity contribution in [2.45, 2.75) is 64.3 Å². The monoisotopic (exact) mass is 353 g/mol. The molecule has 1 heterocycles. The summed E-state index contributed by atoms with van der Waals surface area (Å²) in [6.45, 7) is 4.28. The molecule has 0 aromatic heterocycles. The molecule has 4 saturated carbocycles. The molecule has 4 fully saturated rings. The molecule has 0 saturated heterocycles. The summed E-state index contributed by atoms with van der Waals surface area (Å²) < 4.78 is 13.9. The lowest BCUT2D eigenvalue weighted by molar-refractivity contribution is -0.138. The van der Waals surface area contributed by atoms with Crippen molar-refractivity contribution in [2.24, 2.45) is 23.2 Å². The van der Waals surface area contributed by atoms with E-state index >= 15 is 0 Å². The topological polar surface area (TPSA) is 29.1 Å². The maximum Gasteiger partial charge on any atom is 0.163 e. The third kappa shape index (κ3) is 2.62. The second kappa shape index (κ2) is 5.43. The van der Waals surface area contributed by atoms with E-state index in [1.165, 1.54) is 25.3 Å². The Morgan fingerprint density at radius 2 is 1.73 bits per heavy atom. The van der Waals surface area contributed by atoms with Crippen molar-refractivity contribution in [1.82, 2.24) is 5.32 Å². The maximum atomic E-state index is 13.9. The normalized spacial score (nSPS) is 38.1. The fraction of sp³-hybridized carbons (Fsp3) is 0.609. The van der Waals surface area contributed by atoms with Crippen LogP contribution in [0.1, 0.15) is 63.5 Å². The van der Waals surface area contributed by atoms with Crippen molar-refractivity contribution in [2.75, 3.05) is 0 Å². The van der Waals surface area contributed by atoms with Gasteiger partial charge in [-0.1, -0.05) is 6.07 Å². The zero-order valence-corrected chi connectivity index (χ0v) is 15.8. The predicted octanol–water partition coefficient (Wildman–Crippen LogP) is 4.88. The molecule has 1 aromatic carbocycles. The SMILES string of the molecule is CC1(C)Cc2ccc(F)cc2C(=CC(=O)C23CC4CC(CC(C4)C2)C3)N1. The van der Waals surface area contributed by atoms with Gasteiger partial charge in [0.25, 0.3) is 0 Å². The first-order chi connectivity index (χ1) is 12.3. The quantitative estimate of drug-likeness (QED) is 0.768. The van der Waals surface area contributed by atoms with E-state index in [2.05, 4.69) is 19.2 Å². The van der Waals surface area contributed by atoms with Gasteiger partial charge >= 0.3 is 0 Å². The van der Waals surface area contributed by atoms with Gasteiger partial charge in [-0.2, -0.15) is 0 Å². The van der Waals surface area contributed by atoms with Crippen molar-refractivity contribution in [1.29, 1.82) is 0 Å². The van der Waals surface area contributed by atoms with Gasteiger partial charge in [0.05, 0.1) is 0 Å². The third-order valence-corrected chi connectivity index (χ3v) is 7.30. The van der Waals surface area contributed by atoms with Gasteiger partial charge in [-0.3, -0.25) is 4.79 Å². The first kappa shape index (κ1) is 16.5. The molecule has 0 radical (unpaired) electrons. The first-order valence-electron chi connectivity index (χ1n) is 10.2. The number of fused-ring (bicyclic) bond motifs is 1. The maximum absolute atomic E-state index is 13.9. The second-order valence-electron chi connectivity index (χ2n) is 10.1. The van der Waals surface area contributed by atoms with Crippen LogP contribution in [0.5, 0.6) is 0 Å². The van der Waals surface area contributed by atoms with Crippen LogP contribution >= 0.6 is 0 Å². The van der Waals surface area contributed by atoms with Crippen molar-refractivity contribution in [3.05, 3.63) is 41.2 Å². The molecule has 4 aliphatic carbocycles. The zero-order valence-electron chi connectivity index (χ0n) is 15.8. The number of allylic oxidation sites excluding steroid dienone is 1. The van der Waals surface area contributed by atoms with Crippen LogP contribution in [0.2, 0.25) is 0 Å². The Hall–Kier alpha value is -1.64. The lowest BCUT2D eigenvalue weighted by Gasteiger charge is -2.55. The minimum Gasteiger partial charge on any atom is -0.379 e. The molecule has 4 bridgehead atoms. The number of hydrogen-bond donors (Lipinski definition) is 1. The molecule has 26 heavy (non-hydrogen) atoms. The van der Waals surface area contributed by atoms with Crippen LogP contribution in [-0.2, 0) is 11.2 Å². The van der Waals surface area contributed by atoms with Gasteiger partial charge in [-0.05, 0) is 94.2 Å². The highest BCUT2D eigenvalue weighted by Crippen LogP contribution is 2.60. The zero-order chi connectivity index (χ0) is 18.1. The van der Waals surface area contributed by atoms with Crippen LogP contribution in [-0.4, -0.2) is 11.3 Å². The molecule has 1 aromatic rings. The van der Waals surface area contributed by atoms with Crippen LogP contribution in [0.3, 0.4) is 0 Å². The molecule has 6 rings (SSSR count). The van der Waals surface area contributed by atoms with Gasteiger partial charge in [0.1, 0.15) is 5.82 Å². The van der Waals surface area contributed by atoms with E-state index in [0.717, 1.165) is 60.3 Å². The second-order valence-corrected chi connectivity index (χ2v) is 10.1. The highest BCUT2D eigenvalue weighted by atomic mass is 19.1. The van der Waals surface area contributed by atoms with Crippen LogP contribution in [0.4, 0.5) is 4.39 Å². The number of ketones is 1. The lowest BCUT2D eigenvalue weighted by atomic mass is 9.48. The number of halogens is 1. The third-order valence-electron chi connectivity index (χ3n) is 7.30. The van der Waals surface area contributed by atoms with Gasteiger partial charge < -0.3 is 5.32 Å². The smallest absolute Gasteiger partial charge is 0.163 e. The summed E-state index contributed by atoms with van der Waals surface area (Å²) in [6, 6.07) is 4.98. The average molecular weight is 353 g/mol. The lowest BCUT2D eigenvalue weighted by Crippen LogP contribution is -2.50. The van der Waals surface area contributed by atoms with E-state index in [-0.39, 0.29) is 22.6 Å².